The third kappa shape index (κ3) is 6.91. The predicted octanol–water partition coefficient (Wildman–Crippen LogP) is 4.49. The summed E-state index contributed by atoms with van der Waals surface area (Å²) in [6.45, 7) is 7.06. The van der Waals surface area contributed by atoms with Crippen LogP contribution in [0.2, 0.25) is 0 Å². The molecule has 6 nitrogen and oxygen atoms in total. The fourth-order valence-corrected chi connectivity index (χ4v) is 3.79. The maximum absolute atomic E-state index is 12.3. The number of Topliss-reactive ketones (excluding diaryl/α,β-unsaturated/α-hetero) is 2. The van der Waals surface area contributed by atoms with Gasteiger partial charge in [-0.05, 0) is 57.2 Å². The third-order valence-corrected chi connectivity index (χ3v) is 5.78. The first-order chi connectivity index (χ1) is 14.3. The van der Waals surface area contributed by atoms with Gasteiger partial charge in [-0.2, -0.15) is 0 Å². The number of amides is 2. The van der Waals surface area contributed by atoms with E-state index in [4.69, 9.17) is 0 Å². The molecule has 0 unspecified atom stereocenters. The van der Waals surface area contributed by atoms with Gasteiger partial charge in [-0.1, -0.05) is 0 Å². The monoisotopic (exact) mass is 428 g/mol. The zero-order chi connectivity index (χ0) is 22.1. The Kier molecular flexibility index (Phi) is 8.92. The number of nitrogens with one attached hydrogen (secondary N) is 1. The molecular weight excluding hydrogens is 400 g/mol. The van der Waals surface area contributed by atoms with E-state index in [0.717, 1.165) is 4.88 Å². The molecule has 0 atom stereocenters. The first-order valence-electron chi connectivity index (χ1n) is 10.1. The summed E-state index contributed by atoms with van der Waals surface area (Å²) >= 11 is 1.42. The summed E-state index contributed by atoms with van der Waals surface area (Å²) in [5.74, 6) is -0.459. The highest BCUT2D eigenvalue weighted by atomic mass is 32.1. The summed E-state index contributed by atoms with van der Waals surface area (Å²) in [7, 11) is 0. The predicted molar refractivity (Wildman–Crippen MR) is 119 cm³/mol. The van der Waals surface area contributed by atoms with Crippen molar-refractivity contribution in [2.24, 2.45) is 0 Å². The quantitative estimate of drug-likeness (QED) is 0.535. The molecule has 2 rings (SSSR count). The van der Waals surface area contributed by atoms with E-state index in [1.165, 1.54) is 11.3 Å². The third-order valence-electron chi connectivity index (χ3n) is 4.74. The minimum atomic E-state index is -0.272. The summed E-state index contributed by atoms with van der Waals surface area (Å²) in [5.41, 5.74) is 1.14. The van der Waals surface area contributed by atoms with E-state index in [9.17, 15) is 19.2 Å². The highest BCUT2D eigenvalue weighted by Crippen LogP contribution is 2.18. The summed E-state index contributed by atoms with van der Waals surface area (Å²) in [4.78, 5) is 51.9. The van der Waals surface area contributed by atoms with Crippen LogP contribution < -0.4 is 5.32 Å². The van der Waals surface area contributed by atoms with Gasteiger partial charge in [0, 0.05) is 54.9 Å². The number of thiophene rings is 1. The van der Waals surface area contributed by atoms with Crippen molar-refractivity contribution in [1.29, 1.82) is 0 Å². The van der Waals surface area contributed by atoms with Crippen molar-refractivity contribution in [1.82, 2.24) is 4.90 Å². The number of benzene rings is 1. The number of rotatable bonds is 11. The fraction of sp³-hybridized carbons (Fsp3) is 0.391. The molecule has 1 aromatic heterocycles. The first-order valence-corrected chi connectivity index (χ1v) is 11.0. The molecule has 1 N–H and O–H groups in total. The Morgan fingerprint density at radius 3 is 2.07 bits per heavy atom. The number of aryl methyl sites for hydroxylation is 1. The lowest BCUT2D eigenvalue weighted by Crippen LogP contribution is -2.30. The lowest BCUT2D eigenvalue weighted by atomic mass is 10.1. The highest BCUT2D eigenvalue weighted by molar-refractivity contribution is 7.14. The number of hydrogen-bond acceptors (Lipinski definition) is 5. The van der Waals surface area contributed by atoms with Crippen LogP contribution in [0, 0.1) is 6.92 Å². The molecule has 2 aromatic rings. The van der Waals surface area contributed by atoms with Gasteiger partial charge in [-0.25, -0.2) is 0 Å². The maximum Gasteiger partial charge on any atom is 0.253 e. The molecule has 2 amide bonds. The summed E-state index contributed by atoms with van der Waals surface area (Å²) < 4.78 is 0. The Balaban J connectivity index is 1.75. The highest BCUT2D eigenvalue weighted by Gasteiger charge is 2.14. The van der Waals surface area contributed by atoms with Crippen LogP contribution >= 0.6 is 11.3 Å². The van der Waals surface area contributed by atoms with Gasteiger partial charge < -0.3 is 10.2 Å². The van der Waals surface area contributed by atoms with E-state index in [1.807, 2.05) is 26.8 Å². The molecule has 0 aliphatic carbocycles. The average molecular weight is 429 g/mol. The van der Waals surface area contributed by atoms with Crippen molar-refractivity contribution in [3.8, 4) is 0 Å². The van der Waals surface area contributed by atoms with Crippen molar-refractivity contribution in [3.63, 3.8) is 0 Å². The van der Waals surface area contributed by atoms with Crippen molar-refractivity contribution < 1.29 is 19.2 Å². The Hall–Kier alpha value is -2.80. The number of hydrogen-bond donors (Lipinski definition) is 1. The summed E-state index contributed by atoms with van der Waals surface area (Å²) in [6, 6.07) is 10.4. The topological polar surface area (TPSA) is 83.6 Å². The largest absolute Gasteiger partial charge is 0.339 e. The molecule has 0 aliphatic heterocycles. The minimum absolute atomic E-state index is 0.0368. The van der Waals surface area contributed by atoms with Crippen LogP contribution in [0.1, 0.15) is 64.4 Å². The minimum Gasteiger partial charge on any atom is -0.339 e. The van der Waals surface area contributed by atoms with Gasteiger partial charge in [0.1, 0.15) is 5.78 Å². The van der Waals surface area contributed by atoms with Crippen LogP contribution in [-0.4, -0.2) is 41.4 Å². The number of ketones is 2. The van der Waals surface area contributed by atoms with Crippen molar-refractivity contribution >= 4 is 40.4 Å². The Bertz CT molecular complexity index is 898. The van der Waals surface area contributed by atoms with Crippen LogP contribution in [0.4, 0.5) is 5.69 Å². The maximum atomic E-state index is 12.3. The van der Waals surface area contributed by atoms with E-state index in [2.05, 4.69) is 5.32 Å². The number of carbonyl (C=O) groups is 4. The summed E-state index contributed by atoms with van der Waals surface area (Å²) in [6.07, 6.45) is 0.472. The zero-order valence-corrected chi connectivity index (χ0v) is 18.5. The molecule has 30 heavy (non-hydrogen) atoms. The van der Waals surface area contributed by atoms with Crippen LogP contribution in [0.25, 0.3) is 0 Å². The second kappa shape index (κ2) is 11.4. The van der Waals surface area contributed by atoms with Gasteiger partial charge >= 0.3 is 0 Å². The number of carbonyl (C=O) groups excluding carboxylic acids is 4. The molecule has 0 radical (unpaired) electrons. The first kappa shape index (κ1) is 23.5. The van der Waals surface area contributed by atoms with Gasteiger partial charge in [-0.3, -0.25) is 19.2 Å². The SMILES string of the molecule is CCN(CC)C(=O)c1ccc(NC(=O)CCC(=O)CCC(=O)c2ccc(C)s2)cc1. The van der Waals surface area contributed by atoms with Crippen LogP contribution in [-0.2, 0) is 9.59 Å². The smallest absolute Gasteiger partial charge is 0.253 e. The fourth-order valence-electron chi connectivity index (χ4n) is 2.95. The molecular formula is C23H28N2O4S. The van der Waals surface area contributed by atoms with Crippen LogP contribution in [0.15, 0.2) is 36.4 Å². The molecule has 0 saturated carbocycles. The standard InChI is InChI=1S/C23H28N2O4S/c1-4-25(5-2)23(29)17-7-9-18(10-8-17)24-22(28)15-12-19(26)11-13-20(27)21-14-6-16(3)30-21/h6-10,14H,4-5,11-13,15H2,1-3H3,(H,24,28). The Labute approximate surface area is 181 Å². The van der Waals surface area contributed by atoms with Crippen LogP contribution in [0.3, 0.4) is 0 Å². The molecule has 1 aromatic carbocycles. The molecule has 0 aliphatic rings. The Morgan fingerprint density at radius 2 is 1.50 bits per heavy atom. The molecule has 0 spiro atoms. The second-order valence-corrected chi connectivity index (χ2v) is 8.26. The molecule has 160 valence electrons. The van der Waals surface area contributed by atoms with Gasteiger partial charge in [0.15, 0.2) is 5.78 Å². The van der Waals surface area contributed by atoms with Gasteiger partial charge in [-0.15, -0.1) is 11.3 Å². The lowest BCUT2D eigenvalue weighted by molar-refractivity contribution is -0.122. The lowest BCUT2D eigenvalue weighted by Gasteiger charge is -2.18. The molecule has 0 fully saturated rings. The van der Waals surface area contributed by atoms with Gasteiger partial charge in [0.25, 0.3) is 5.91 Å². The molecule has 0 saturated heterocycles. The molecule has 7 heteroatoms. The van der Waals surface area contributed by atoms with Crippen molar-refractivity contribution in [3.05, 3.63) is 51.7 Å². The average Bonchev–Trinajstić information content (AvgIpc) is 3.18. The number of nitrogens with zero attached hydrogens (tertiary/aromatic N) is 1. The molecule has 1 heterocycles. The molecule has 0 bridgehead atoms. The normalized spacial score (nSPS) is 10.5. The van der Waals surface area contributed by atoms with Crippen LogP contribution in [0.5, 0.6) is 0 Å². The van der Waals surface area contributed by atoms with Gasteiger partial charge in [0.05, 0.1) is 4.88 Å². The van der Waals surface area contributed by atoms with E-state index in [1.54, 1.807) is 35.2 Å². The Morgan fingerprint density at radius 1 is 0.867 bits per heavy atom. The number of anilines is 1. The van der Waals surface area contributed by atoms with E-state index in [0.29, 0.717) is 29.2 Å². The van der Waals surface area contributed by atoms with E-state index < -0.39 is 0 Å². The van der Waals surface area contributed by atoms with Gasteiger partial charge in [0.2, 0.25) is 5.91 Å². The van der Waals surface area contributed by atoms with Crippen molar-refractivity contribution in [2.75, 3.05) is 18.4 Å². The van der Waals surface area contributed by atoms with Crippen molar-refractivity contribution in [2.45, 2.75) is 46.5 Å². The van der Waals surface area contributed by atoms with E-state index >= 15 is 0 Å². The summed E-state index contributed by atoms with van der Waals surface area (Å²) in [5, 5.41) is 2.73. The van der Waals surface area contributed by atoms with E-state index in [-0.39, 0.29) is 49.1 Å². The second-order valence-electron chi connectivity index (χ2n) is 6.98. The zero-order valence-electron chi connectivity index (χ0n) is 17.7.